The van der Waals surface area contributed by atoms with E-state index in [1.807, 2.05) is 59.5 Å². The molecule has 2 heterocycles. The van der Waals surface area contributed by atoms with Gasteiger partial charge in [0.1, 0.15) is 22.9 Å². The van der Waals surface area contributed by atoms with Crippen LogP contribution in [0.1, 0.15) is 16.8 Å². The molecule has 0 unspecified atom stereocenters. The number of hydrogen-bond donors (Lipinski definition) is 3. The Morgan fingerprint density at radius 3 is 2.55 bits per heavy atom. The summed E-state index contributed by atoms with van der Waals surface area (Å²) in [5.41, 5.74) is 7.62. The quantitative estimate of drug-likeness (QED) is 0.459. The van der Waals surface area contributed by atoms with Crippen LogP contribution in [0.2, 0.25) is 0 Å². The van der Waals surface area contributed by atoms with Crippen LogP contribution < -0.4 is 26.0 Å². The number of nitrogens with two attached hydrogens (primary N) is 1. The Labute approximate surface area is 192 Å². The lowest BCUT2D eigenvalue weighted by molar-refractivity contribution is -0.117. The van der Waals surface area contributed by atoms with Crippen LogP contribution in [-0.4, -0.2) is 35.9 Å². The largest absolute Gasteiger partial charge is 0.456 e. The number of carbonyl (C=O) groups excluding carboxylic acids is 2. The average molecular weight is 444 g/mol. The van der Waals surface area contributed by atoms with Gasteiger partial charge in [-0.05, 0) is 48.9 Å². The molecule has 0 spiro atoms. The van der Waals surface area contributed by atoms with Crippen molar-refractivity contribution in [2.45, 2.75) is 12.5 Å². The zero-order valence-electron chi connectivity index (χ0n) is 18.0. The number of carbonyl (C=O) groups is 2. The zero-order valence-corrected chi connectivity index (χ0v) is 18.0. The highest BCUT2D eigenvalue weighted by Gasteiger charge is 2.25. The van der Waals surface area contributed by atoms with Gasteiger partial charge >= 0.3 is 0 Å². The number of hydrogen-bond acceptors (Lipinski definition) is 6. The first kappa shape index (κ1) is 21.9. The lowest BCUT2D eigenvalue weighted by Gasteiger charge is -2.19. The molecule has 1 saturated heterocycles. The highest BCUT2D eigenvalue weighted by Crippen LogP contribution is 2.30. The Balaban J connectivity index is 1.49. The van der Waals surface area contributed by atoms with E-state index in [0.29, 0.717) is 30.4 Å². The van der Waals surface area contributed by atoms with Gasteiger partial charge in [0.2, 0.25) is 5.91 Å². The topological polar surface area (TPSA) is 110 Å². The molecule has 8 heteroatoms. The van der Waals surface area contributed by atoms with E-state index in [2.05, 4.69) is 22.2 Å². The maximum absolute atomic E-state index is 11.9. The molecule has 0 bridgehead atoms. The number of amides is 2. The fraction of sp³-hybridized carbons (Fsp3) is 0.160. The number of rotatable bonds is 8. The lowest BCUT2D eigenvalue weighted by atomic mass is 10.2. The lowest BCUT2D eigenvalue weighted by Crippen LogP contribution is -2.36. The predicted molar refractivity (Wildman–Crippen MR) is 128 cm³/mol. The van der Waals surface area contributed by atoms with Crippen molar-refractivity contribution in [1.82, 2.24) is 10.3 Å². The maximum atomic E-state index is 11.9. The van der Waals surface area contributed by atoms with Crippen LogP contribution in [0.5, 0.6) is 11.5 Å². The highest BCUT2D eigenvalue weighted by molar-refractivity contribution is 5.95. The third-order valence-electron chi connectivity index (χ3n) is 5.31. The third-order valence-corrected chi connectivity index (χ3v) is 5.31. The fourth-order valence-corrected chi connectivity index (χ4v) is 3.64. The molecule has 0 radical (unpaired) electrons. The minimum atomic E-state index is -0.621. The number of nitrogens with zero attached hydrogens (tertiary/aromatic N) is 2. The Morgan fingerprint density at radius 1 is 1.12 bits per heavy atom. The molecular weight excluding hydrogens is 418 g/mol. The Hall–Kier alpha value is -4.33. The minimum absolute atomic E-state index is 0.00199. The van der Waals surface area contributed by atoms with E-state index in [4.69, 9.17) is 10.5 Å². The second-order valence-electron chi connectivity index (χ2n) is 7.66. The van der Waals surface area contributed by atoms with Crippen molar-refractivity contribution >= 4 is 29.0 Å². The van der Waals surface area contributed by atoms with Crippen LogP contribution in [0.4, 0.5) is 17.2 Å². The van der Waals surface area contributed by atoms with E-state index in [1.54, 1.807) is 6.07 Å². The minimum Gasteiger partial charge on any atom is -0.456 e. The number of pyridine rings is 1. The zero-order chi connectivity index (χ0) is 23.2. The van der Waals surface area contributed by atoms with E-state index in [1.165, 1.54) is 12.3 Å². The summed E-state index contributed by atoms with van der Waals surface area (Å²) in [6.45, 7) is 4.79. The second-order valence-corrected chi connectivity index (χ2v) is 7.66. The van der Waals surface area contributed by atoms with Gasteiger partial charge in [0.05, 0.1) is 0 Å². The van der Waals surface area contributed by atoms with Crippen LogP contribution >= 0.6 is 0 Å². The number of primary amides is 1. The maximum Gasteiger partial charge on any atom is 0.254 e. The Kier molecular flexibility index (Phi) is 6.54. The summed E-state index contributed by atoms with van der Waals surface area (Å²) in [7, 11) is 0. The molecule has 3 aromatic rings. The Morgan fingerprint density at radius 2 is 1.85 bits per heavy atom. The first-order chi connectivity index (χ1) is 16.0. The molecule has 1 aliphatic heterocycles. The molecule has 33 heavy (non-hydrogen) atoms. The van der Waals surface area contributed by atoms with Crippen molar-refractivity contribution in [2.75, 3.05) is 23.3 Å². The van der Waals surface area contributed by atoms with Crippen LogP contribution in [0.25, 0.3) is 0 Å². The van der Waals surface area contributed by atoms with Crippen molar-refractivity contribution in [2.24, 2.45) is 5.73 Å². The number of anilines is 3. The predicted octanol–water partition coefficient (Wildman–Crippen LogP) is 3.60. The van der Waals surface area contributed by atoms with Gasteiger partial charge < -0.3 is 26.0 Å². The number of para-hydroxylation sites is 1. The molecule has 8 nitrogen and oxygen atoms in total. The molecule has 1 aromatic heterocycles. The monoisotopic (exact) mass is 443 g/mol. The van der Waals surface area contributed by atoms with E-state index in [-0.39, 0.29) is 17.5 Å². The average Bonchev–Trinajstić information content (AvgIpc) is 3.29. The summed E-state index contributed by atoms with van der Waals surface area (Å²) in [5, 5.41) is 6.21. The summed E-state index contributed by atoms with van der Waals surface area (Å²) in [4.78, 5) is 29.9. The fourth-order valence-electron chi connectivity index (χ4n) is 3.64. The van der Waals surface area contributed by atoms with Crippen LogP contribution in [0.15, 0.2) is 79.5 Å². The molecule has 0 aliphatic carbocycles. The number of benzene rings is 2. The number of aromatic nitrogens is 1. The standard InChI is InChI=1S/C25H25N5O3/c1-2-24(31)29-19-12-13-30(16-19)23-14-22(21(15-27-23)25(26)32)33-20-10-8-18(9-11-20)28-17-6-4-3-5-7-17/h2-11,14-15,19,28H,1,12-13,16H2,(H2,26,32)(H,29,31)/t19-/m0/s1. The van der Waals surface area contributed by atoms with E-state index >= 15 is 0 Å². The van der Waals surface area contributed by atoms with Crippen LogP contribution in [-0.2, 0) is 4.79 Å². The first-order valence-electron chi connectivity index (χ1n) is 10.6. The normalized spacial score (nSPS) is 15.0. The van der Waals surface area contributed by atoms with Gasteiger partial charge in [-0.3, -0.25) is 9.59 Å². The molecule has 2 aromatic carbocycles. The summed E-state index contributed by atoms with van der Waals surface area (Å²) in [6, 6.07) is 19.0. The van der Waals surface area contributed by atoms with Gasteiger partial charge in [-0.25, -0.2) is 4.98 Å². The molecule has 0 saturated carbocycles. The van der Waals surface area contributed by atoms with Crippen molar-refractivity contribution in [3.8, 4) is 11.5 Å². The van der Waals surface area contributed by atoms with Crippen molar-refractivity contribution in [1.29, 1.82) is 0 Å². The summed E-state index contributed by atoms with van der Waals surface area (Å²) >= 11 is 0. The van der Waals surface area contributed by atoms with Gasteiger partial charge in [-0.15, -0.1) is 0 Å². The van der Waals surface area contributed by atoms with Gasteiger partial charge in [-0.1, -0.05) is 24.8 Å². The summed E-state index contributed by atoms with van der Waals surface area (Å²) < 4.78 is 6.01. The van der Waals surface area contributed by atoms with Crippen LogP contribution in [0.3, 0.4) is 0 Å². The molecule has 1 aliphatic rings. The third kappa shape index (κ3) is 5.48. The second kappa shape index (κ2) is 9.86. The SMILES string of the molecule is C=CC(=O)N[C@H]1CCN(c2cc(Oc3ccc(Nc4ccccc4)cc3)c(C(N)=O)cn2)C1. The van der Waals surface area contributed by atoms with Gasteiger partial charge in [-0.2, -0.15) is 0 Å². The highest BCUT2D eigenvalue weighted by atomic mass is 16.5. The molecule has 168 valence electrons. The van der Waals surface area contributed by atoms with Crippen molar-refractivity contribution < 1.29 is 14.3 Å². The van der Waals surface area contributed by atoms with Crippen molar-refractivity contribution in [3.05, 3.63) is 85.1 Å². The van der Waals surface area contributed by atoms with Gasteiger partial charge in [0.15, 0.2) is 0 Å². The van der Waals surface area contributed by atoms with Crippen LogP contribution in [0, 0.1) is 0 Å². The van der Waals surface area contributed by atoms with Crippen molar-refractivity contribution in [3.63, 3.8) is 0 Å². The molecular formula is C25H25N5O3. The molecule has 1 fully saturated rings. The first-order valence-corrected chi connectivity index (χ1v) is 10.6. The van der Waals surface area contributed by atoms with E-state index in [9.17, 15) is 9.59 Å². The Bertz CT molecular complexity index is 1150. The number of ether oxygens (including phenoxy) is 1. The van der Waals surface area contributed by atoms with E-state index in [0.717, 1.165) is 17.8 Å². The number of nitrogens with one attached hydrogen (secondary N) is 2. The summed E-state index contributed by atoms with van der Waals surface area (Å²) in [5.74, 6) is 0.713. The van der Waals surface area contributed by atoms with Gasteiger partial charge in [0, 0.05) is 42.8 Å². The smallest absolute Gasteiger partial charge is 0.254 e. The molecule has 1 atom stereocenters. The molecule has 4 N–H and O–H groups in total. The molecule has 4 rings (SSSR count). The summed E-state index contributed by atoms with van der Waals surface area (Å²) in [6.07, 6.45) is 3.47. The van der Waals surface area contributed by atoms with Gasteiger partial charge in [0.25, 0.3) is 5.91 Å². The molecule has 2 amide bonds. The van der Waals surface area contributed by atoms with E-state index < -0.39 is 5.91 Å².